The Balaban J connectivity index is 2.92. The fourth-order valence-electron chi connectivity index (χ4n) is 1.44. The highest BCUT2D eigenvalue weighted by Gasteiger charge is 2.06. The van der Waals surface area contributed by atoms with E-state index in [1.807, 2.05) is 7.05 Å². The lowest BCUT2D eigenvalue weighted by molar-refractivity contribution is 0.298. The number of aliphatic hydroxyl groups excluding tert-OH is 1. The molecule has 0 saturated carbocycles. The zero-order chi connectivity index (χ0) is 11.3. The zero-order valence-electron chi connectivity index (χ0n) is 9.13. The van der Waals surface area contributed by atoms with Crippen LogP contribution in [0.4, 0.5) is 0 Å². The molecule has 0 bridgehead atoms. The van der Waals surface area contributed by atoms with Gasteiger partial charge in [0, 0.05) is 37.3 Å². The van der Waals surface area contributed by atoms with Gasteiger partial charge >= 0.3 is 0 Å². The molecule has 0 unspecified atom stereocenters. The van der Waals surface area contributed by atoms with E-state index < -0.39 is 0 Å². The van der Waals surface area contributed by atoms with Crippen molar-refractivity contribution in [3.63, 3.8) is 0 Å². The molecule has 1 heterocycles. The maximum absolute atomic E-state index is 11.6. The number of nitrogens with zero attached hydrogens (tertiary/aromatic N) is 1. The average Bonchev–Trinajstić information content (AvgIpc) is 2.20. The topological polar surface area (TPSA) is 78.0 Å². The van der Waals surface area contributed by atoms with Gasteiger partial charge in [-0.05, 0) is 14.0 Å². The van der Waals surface area contributed by atoms with Crippen LogP contribution in [-0.2, 0) is 12.8 Å². The standard InChI is InChI=1S/C10H17N3O2/c1-7-8(4-6-14)10(15)13-9(12-7)3-5-11-2/h11,14H,3-6H2,1-2H3,(H,12,13,15). The maximum atomic E-state index is 11.6. The first-order valence-corrected chi connectivity index (χ1v) is 5.03. The van der Waals surface area contributed by atoms with E-state index in [1.54, 1.807) is 6.92 Å². The van der Waals surface area contributed by atoms with Gasteiger partial charge in [0.1, 0.15) is 5.82 Å². The van der Waals surface area contributed by atoms with Gasteiger partial charge in [-0.25, -0.2) is 4.98 Å². The number of aryl methyl sites for hydroxylation is 1. The minimum absolute atomic E-state index is 0.0263. The van der Waals surface area contributed by atoms with E-state index in [9.17, 15) is 4.79 Å². The molecule has 15 heavy (non-hydrogen) atoms. The highest BCUT2D eigenvalue weighted by molar-refractivity contribution is 5.16. The quantitative estimate of drug-likeness (QED) is 0.606. The Kier molecular flexibility index (Phi) is 4.45. The molecule has 5 heteroatoms. The van der Waals surface area contributed by atoms with Crippen molar-refractivity contribution in [3.8, 4) is 0 Å². The van der Waals surface area contributed by atoms with Crippen molar-refractivity contribution in [2.75, 3.05) is 20.2 Å². The molecule has 3 N–H and O–H groups in total. The van der Waals surface area contributed by atoms with Gasteiger partial charge in [-0.2, -0.15) is 0 Å². The molecule has 0 fully saturated rings. The molecule has 1 aromatic rings. The Morgan fingerprint density at radius 2 is 2.20 bits per heavy atom. The van der Waals surface area contributed by atoms with Crippen molar-refractivity contribution >= 4 is 0 Å². The number of H-pyrrole nitrogens is 1. The van der Waals surface area contributed by atoms with Crippen LogP contribution in [0.1, 0.15) is 17.1 Å². The number of rotatable bonds is 5. The second-order valence-electron chi connectivity index (χ2n) is 3.40. The Bertz CT molecular complexity index is 373. The lowest BCUT2D eigenvalue weighted by Crippen LogP contribution is -2.22. The third kappa shape index (κ3) is 3.14. The number of nitrogens with one attached hydrogen (secondary N) is 2. The highest BCUT2D eigenvalue weighted by atomic mass is 16.3. The van der Waals surface area contributed by atoms with Gasteiger partial charge in [0.25, 0.3) is 5.56 Å². The lowest BCUT2D eigenvalue weighted by atomic mass is 10.2. The summed E-state index contributed by atoms with van der Waals surface area (Å²) in [5.41, 5.74) is 1.15. The molecular weight excluding hydrogens is 194 g/mol. The smallest absolute Gasteiger partial charge is 0.254 e. The fourth-order valence-corrected chi connectivity index (χ4v) is 1.44. The van der Waals surface area contributed by atoms with Crippen molar-refractivity contribution in [3.05, 3.63) is 27.4 Å². The molecule has 0 aliphatic carbocycles. The average molecular weight is 211 g/mol. The first-order chi connectivity index (χ1) is 7.19. The molecule has 0 spiro atoms. The van der Waals surface area contributed by atoms with Gasteiger partial charge in [-0.15, -0.1) is 0 Å². The highest BCUT2D eigenvalue weighted by Crippen LogP contribution is 2.00. The van der Waals surface area contributed by atoms with Crippen molar-refractivity contribution < 1.29 is 5.11 Å². The first kappa shape index (κ1) is 11.9. The van der Waals surface area contributed by atoms with Gasteiger partial charge in [-0.3, -0.25) is 4.79 Å². The molecule has 0 aliphatic heterocycles. The van der Waals surface area contributed by atoms with Crippen molar-refractivity contribution in [1.29, 1.82) is 0 Å². The summed E-state index contributed by atoms with van der Waals surface area (Å²) in [5.74, 6) is 0.688. The Morgan fingerprint density at radius 3 is 2.73 bits per heavy atom. The van der Waals surface area contributed by atoms with Gasteiger partial charge in [0.15, 0.2) is 0 Å². The summed E-state index contributed by atoms with van der Waals surface area (Å²) in [6, 6.07) is 0. The monoisotopic (exact) mass is 211 g/mol. The van der Waals surface area contributed by atoms with Gasteiger partial charge < -0.3 is 15.4 Å². The van der Waals surface area contributed by atoms with E-state index in [2.05, 4.69) is 15.3 Å². The van der Waals surface area contributed by atoms with Crippen LogP contribution < -0.4 is 10.9 Å². The van der Waals surface area contributed by atoms with Crippen LogP contribution in [0.15, 0.2) is 4.79 Å². The van der Waals surface area contributed by atoms with E-state index in [-0.39, 0.29) is 12.2 Å². The summed E-state index contributed by atoms with van der Waals surface area (Å²) in [4.78, 5) is 18.6. The van der Waals surface area contributed by atoms with Crippen LogP contribution >= 0.6 is 0 Å². The molecule has 5 nitrogen and oxygen atoms in total. The SMILES string of the molecule is CNCCc1nc(C)c(CCO)c(=O)[nH]1. The fraction of sp³-hybridized carbons (Fsp3) is 0.600. The molecule has 0 radical (unpaired) electrons. The minimum atomic E-state index is -0.136. The number of likely N-dealkylation sites (N-methyl/N-ethyl adjacent to an activating group) is 1. The van der Waals surface area contributed by atoms with E-state index >= 15 is 0 Å². The molecule has 0 amide bonds. The minimum Gasteiger partial charge on any atom is -0.396 e. The summed E-state index contributed by atoms with van der Waals surface area (Å²) < 4.78 is 0. The van der Waals surface area contributed by atoms with Crippen LogP contribution in [0.5, 0.6) is 0 Å². The molecule has 1 aromatic heterocycles. The van der Waals surface area contributed by atoms with Gasteiger partial charge in [0.05, 0.1) is 0 Å². The predicted octanol–water partition coefficient (Wildman–Crippen LogP) is -0.625. The number of aromatic nitrogens is 2. The summed E-state index contributed by atoms with van der Waals surface area (Å²) in [5, 5.41) is 11.8. The number of hydrogen-bond acceptors (Lipinski definition) is 4. The predicted molar refractivity (Wildman–Crippen MR) is 58.0 cm³/mol. The van der Waals surface area contributed by atoms with E-state index in [0.29, 0.717) is 29.9 Å². The summed E-state index contributed by atoms with van der Waals surface area (Å²) in [6.45, 7) is 2.55. The Morgan fingerprint density at radius 1 is 1.47 bits per heavy atom. The summed E-state index contributed by atoms with van der Waals surface area (Å²) in [7, 11) is 1.85. The van der Waals surface area contributed by atoms with Crippen molar-refractivity contribution in [2.24, 2.45) is 0 Å². The van der Waals surface area contributed by atoms with Crippen LogP contribution in [0, 0.1) is 6.92 Å². The normalized spacial score (nSPS) is 10.6. The van der Waals surface area contributed by atoms with Crippen molar-refractivity contribution in [1.82, 2.24) is 15.3 Å². The molecular formula is C10H17N3O2. The largest absolute Gasteiger partial charge is 0.396 e. The third-order valence-electron chi connectivity index (χ3n) is 2.24. The second kappa shape index (κ2) is 5.63. The molecule has 1 rings (SSSR count). The van der Waals surface area contributed by atoms with Crippen LogP contribution in [0.25, 0.3) is 0 Å². The zero-order valence-corrected chi connectivity index (χ0v) is 9.13. The van der Waals surface area contributed by atoms with Crippen LogP contribution in [0.2, 0.25) is 0 Å². The molecule has 84 valence electrons. The first-order valence-electron chi connectivity index (χ1n) is 5.03. The number of aliphatic hydroxyl groups is 1. The molecule has 0 aliphatic rings. The summed E-state index contributed by atoms with van der Waals surface area (Å²) >= 11 is 0. The number of aromatic amines is 1. The lowest BCUT2D eigenvalue weighted by Gasteiger charge is -2.05. The van der Waals surface area contributed by atoms with E-state index in [1.165, 1.54) is 0 Å². The van der Waals surface area contributed by atoms with Gasteiger partial charge in [0.2, 0.25) is 0 Å². The third-order valence-corrected chi connectivity index (χ3v) is 2.24. The molecule has 0 aromatic carbocycles. The van der Waals surface area contributed by atoms with Crippen molar-refractivity contribution in [2.45, 2.75) is 19.8 Å². The van der Waals surface area contributed by atoms with Gasteiger partial charge in [-0.1, -0.05) is 0 Å². The molecule has 0 saturated heterocycles. The molecule has 0 atom stereocenters. The van der Waals surface area contributed by atoms with Crippen LogP contribution in [-0.4, -0.2) is 35.3 Å². The van der Waals surface area contributed by atoms with E-state index in [4.69, 9.17) is 5.11 Å². The number of hydrogen-bond donors (Lipinski definition) is 3. The summed E-state index contributed by atoms with van der Waals surface area (Å²) in [6.07, 6.45) is 1.06. The second-order valence-corrected chi connectivity index (χ2v) is 3.40. The maximum Gasteiger partial charge on any atom is 0.254 e. The van der Waals surface area contributed by atoms with Crippen LogP contribution in [0.3, 0.4) is 0 Å². The Hall–Kier alpha value is -1.20. The van der Waals surface area contributed by atoms with E-state index in [0.717, 1.165) is 6.54 Å². The Labute approximate surface area is 88.6 Å².